The van der Waals surface area contributed by atoms with Crippen molar-refractivity contribution in [1.82, 2.24) is 14.8 Å². The first kappa shape index (κ1) is 18.4. The van der Waals surface area contributed by atoms with Crippen LogP contribution in [0.25, 0.3) is 0 Å². The molecule has 0 N–H and O–H groups in total. The van der Waals surface area contributed by atoms with Gasteiger partial charge in [0.25, 0.3) is 0 Å². The van der Waals surface area contributed by atoms with Crippen molar-refractivity contribution in [3.63, 3.8) is 0 Å². The Bertz CT molecular complexity index is 936. The number of hydrogen-bond donors (Lipinski definition) is 0. The zero-order valence-electron chi connectivity index (χ0n) is 15.0. The molecule has 0 spiro atoms. The highest BCUT2D eigenvalue weighted by molar-refractivity contribution is 9.10. The lowest BCUT2D eigenvalue weighted by molar-refractivity contribution is 0.0994. The van der Waals surface area contributed by atoms with Gasteiger partial charge in [0.2, 0.25) is 0 Å². The summed E-state index contributed by atoms with van der Waals surface area (Å²) in [4.78, 5) is 12.8. The minimum absolute atomic E-state index is 0.106. The molecule has 3 aromatic rings. The van der Waals surface area contributed by atoms with Crippen LogP contribution in [0.5, 0.6) is 0 Å². The highest BCUT2D eigenvalue weighted by atomic mass is 79.9. The van der Waals surface area contributed by atoms with E-state index in [0.29, 0.717) is 5.92 Å². The molecule has 0 bridgehead atoms. The van der Waals surface area contributed by atoms with Crippen molar-refractivity contribution in [3.05, 3.63) is 76.0 Å². The van der Waals surface area contributed by atoms with Crippen LogP contribution >= 0.6 is 27.7 Å². The lowest BCUT2D eigenvalue weighted by Crippen LogP contribution is -2.15. The Morgan fingerprint density at radius 1 is 1.15 bits per heavy atom. The summed E-state index contributed by atoms with van der Waals surface area (Å²) in [6, 6.07) is 17.8. The first-order valence-corrected chi connectivity index (χ1v) is 10.7. The molecule has 1 aliphatic rings. The molecule has 6 heteroatoms. The monoisotopic (exact) mass is 441 g/mol. The number of carbonyl (C=O) groups is 1. The maximum Gasteiger partial charge on any atom is 0.192 e. The van der Waals surface area contributed by atoms with E-state index in [9.17, 15) is 4.79 Å². The Morgan fingerprint density at radius 2 is 1.85 bits per heavy atom. The van der Waals surface area contributed by atoms with Gasteiger partial charge in [-0.2, -0.15) is 0 Å². The predicted octanol–water partition coefficient (Wildman–Crippen LogP) is 5.33. The third-order valence-corrected chi connectivity index (χ3v) is 6.26. The number of nitrogens with zero attached hydrogens (tertiary/aromatic N) is 3. The molecule has 1 aliphatic carbocycles. The second-order valence-electron chi connectivity index (χ2n) is 6.82. The van der Waals surface area contributed by atoms with Gasteiger partial charge in [-0.3, -0.25) is 4.79 Å². The number of carbonyl (C=O) groups excluding carboxylic acids is 1. The average Bonchev–Trinajstić information content (AvgIpc) is 3.46. The molecule has 27 heavy (non-hydrogen) atoms. The summed E-state index contributed by atoms with van der Waals surface area (Å²) in [5, 5.41) is 9.46. The van der Waals surface area contributed by atoms with Gasteiger partial charge in [-0.1, -0.05) is 70.2 Å². The van der Waals surface area contributed by atoms with Gasteiger partial charge in [0, 0.05) is 16.0 Å². The van der Waals surface area contributed by atoms with Gasteiger partial charge in [-0.25, -0.2) is 0 Å². The maximum atomic E-state index is 12.8. The molecule has 0 saturated heterocycles. The second-order valence-corrected chi connectivity index (χ2v) is 9.04. The van der Waals surface area contributed by atoms with Crippen LogP contribution in [-0.2, 0) is 6.54 Å². The number of rotatable bonds is 7. The maximum absolute atomic E-state index is 12.8. The fraction of sp³-hybridized carbons (Fsp3) is 0.286. The van der Waals surface area contributed by atoms with Crippen molar-refractivity contribution in [2.24, 2.45) is 0 Å². The van der Waals surface area contributed by atoms with E-state index in [1.807, 2.05) is 49.4 Å². The summed E-state index contributed by atoms with van der Waals surface area (Å²) in [6.45, 7) is 2.68. The smallest absolute Gasteiger partial charge is 0.192 e. The number of Topliss-reactive ketones (excluding diaryl/α,β-unsaturated/α-hetero) is 1. The van der Waals surface area contributed by atoms with Crippen LogP contribution < -0.4 is 0 Å². The average molecular weight is 442 g/mol. The Kier molecular flexibility index (Phi) is 5.45. The molecule has 1 heterocycles. The van der Waals surface area contributed by atoms with E-state index in [1.165, 1.54) is 30.2 Å². The normalized spacial score (nSPS) is 14.9. The molecule has 2 aromatic carbocycles. The summed E-state index contributed by atoms with van der Waals surface area (Å²) in [7, 11) is 0. The fourth-order valence-corrected chi connectivity index (χ4v) is 4.20. The van der Waals surface area contributed by atoms with Crippen LogP contribution in [0.2, 0.25) is 0 Å². The summed E-state index contributed by atoms with van der Waals surface area (Å²) in [5.41, 5.74) is 1.93. The number of halogens is 1. The number of benzene rings is 2. The SMILES string of the molecule is CC(Sc1nnc(C2CC2)n1Cc1ccccc1)C(=O)c1ccc(Br)cc1. The van der Waals surface area contributed by atoms with E-state index >= 15 is 0 Å². The van der Waals surface area contributed by atoms with Gasteiger partial charge in [0.15, 0.2) is 10.9 Å². The Balaban J connectivity index is 1.56. The van der Waals surface area contributed by atoms with Gasteiger partial charge in [-0.05, 0) is 37.5 Å². The van der Waals surface area contributed by atoms with Crippen LogP contribution in [0.4, 0.5) is 0 Å². The molecule has 138 valence electrons. The minimum atomic E-state index is -0.225. The van der Waals surface area contributed by atoms with Crippen molar-refractivity contribution in [2.75, 3.05) is 0 Å². The zero-order valence-corrected chi connectivity index (χ0v) is 17.4. The number of thioether (sulfide) groups is 1. The summed E-state index contributed by atoms with van der Waals surface area (Å²) in [5.74, 6) is 1.66. The van der Waals surface area contributed by atoms with E-state index in [-0.39, 0.29) is 11.0 Å². The van der Waals surface area contributed by atoms with Gasteiger partial charge < -0.3 is 4.57 Å². The van der Waals surface area contributed by atoms with Crippen molar-refractivity contribution in [3.8, 4) is 0 Å². The minimum Gasteiger partial charge on any atom is -0.301 e. The summed E-state index contributed by atoms with van der Waals surface area (Å²) in [6.07, 6.45) is 2.34. The van der Waals surface area contributed by atoms with Crippen LogP contribution in [0.1, 0.15) is 47.4 Å². The number of ketones is 1. The topological polar surface area (TPSA) is 47.8 Å². The van der Waals surface area contributed by atoms with Gasteiger partial charge in [0.05, 0.1) is 11.8 Å². The summed E-state index contributed by atoms with van der Waals surface area (Å²) >= 11 is 4.90. The predicted molar refractivity (Wildman–Crippen MR) is 111 cm³/mol. The van der Waals surface area contributed by atoms with Crippen LogP contribution in [0.15, 0.2) is 64.2 Å². The molecule has 0 radical (unpaired) electrons. The lowest BCUT2D eigenvalue weighted by Gasteiger charge is -2.13. The molecule has 1 saturated carbocycles. The number of aromatic nitrogens is 3. The first-order chi connectivity index (χ1) is 13.1. The van der Waals surface area contributed by atoms with Crippen molar-refractivity contribution >= 4 is 33.5 Å². The molecule has 1 aromatic heterocycles. The quantitative estimate of drug-likeness (QED) is 0.367. The van der Waals surface area contributed by atoms with Crippen LogP contribution in [0, 0.1) is 0 Å². The molecule has 4 nitrogen and oxygen atoms in total. The summed E-state index contributed by atoms with van der Waals surface area (Å²) < 4.78 is 3.15. The molecule has 0 aliphatic heterocycles. The second kappa shape index (κ2) is 7.98. The zero-order chi connectivity index (χ0) is 18.8. The Labute approximate surface area is 171 Å². The van der Waals surface area contributed by atoms with E-state index in [2.05, 4.69) is 42.8 Å². The van der Waals surface area contributed by atoms with Gasteiger partial charge >= 0.3 is 0 Å². The molecular formula is C21H20BrN3OS. The molecule has 1 atom stereocenters. The Hall–Kier alpha value is -1.92. The Morgan fingerprint density at radius 3 is 2.52 bits per heavy atom. The van der Waals surface area contributed by atoms with Crippen LogP contribution in [0.3, 0.4) is 0 Å². The molecular weight excluding hydrogens is 422 g/mol. The fourth-order valence-electron chi connectivity index (χ4n) is 3.01. The van der Waals surface area contributed by atoms with Crippen molar-refractivity contribution in [2.45, 2.75) is 42.6 Å². The van der Waals surface area contributed by atoms with E-state index in [1.54, 1.807) is 0 Å². The van der Waals surface area contributed by atoms with Crippen molar-refractivity contribution in [1.29, 1.82) is 0 Å². The molecule has 1 fully saturated rings. The standard InChI is InChI=1S/C21H20BrN3OS/c1-14(19(26)16-9-11-18(22)12-10-16)27-21-24-23-20(17-7-8-17)25(21)13-15-5-3-2-4-6-15/h2-6,9-12,14,17H,7-8,13H2,1H3. The van der Waals surface area contributed by atoms with Crippen LogP contribution in [-0.4, -0.2) is 25.8 Å². The highest BCUT2D eigenvalue weighted by Crippen LogP contribution is 2.40. The van der Waals surface area contributed by atoms with E-state index in [4.69, 9.17) is 0 Å². The molecule has 0 amide bonds. The van der Waals surface area contributed by atoms with E-state index in [0.717, 1.165) is 27.6 Å². The largest absolute Gasteiger partial charge is 0.301 e. The van der Waals surface area contributed by atoms with E-state index < -0.39 is 0 Å². The van der Waals surface area contributed by atoms with Gasteiger partial charge in [0.1, 0.15) is 5.82 Å². The first-order valence-electron chi connectivity index (χ1n) is 9.05. The van der Waals surface area contributed by atoms with Gasteiger partial charge in [-0.15, -0.1) is 10.2 Å². The third-order valence-electron chi connectivity index (χ3n) is 4.65. The molecule has 1 unspecified atom stereocenters. The van der Waals surface area contributed by atoms with Crippen molar-refractivity contribution < 1.29 is 4.79 Å². The number of hydrogen-bond acceptors (Lipinski definition) is 4. The lowest BCUT2D eigenvalue weighted by atomic mass is 10.1. The molecule has 4 rings (SSSR count). The highest BCUT2D eigenvalue weighted by Gasteiger charge is 2.31. The third kappa shape index (κ3) is 4.33.